The van der Waals surface area contributed by atoms with Gasteiger partial charge in [0.25, 0.3) is 0 Å². The molecule has 0 aromatic carbocycles. The van der Waals surface area contributed by atoms with Gasteiger partial charge in [-0.05, 0) is 31.6 Å². The van der Waals surface area contributed by atoms with E-state index in [0.29, 0.717) is 33.9 Å². The fourth-order valence-corrected chi connectivity index (χ4v) is 6.00. The molecule has 2 saturated carbocycles. The molecule has 1 aliphatic heterocycles. The van der Waals surface area contributed by atoms with Gasteiger partial charge in [0, 0.05) is 22.7 Å². The van der Waals surface area contributed by atoms with Crippen LogP contribution in [-0.4, -0.2) is 21.8 Å². The van der Waals surface area contributed by atoms with Crippen LogP contribution in [-0.2, 0) is 14.3 Å². The second kappa shape index (κ2) is 4.21. The van der Waals surface area contributed by atoms with Crippen LogP contribution in [0.15, 0.2) is 0 Å². The molecule has 0 aromatic rings. The first-order valence-electron chi connectivity index (χ1n) is 6.44. The maximum absolute atomic E-state index is 11.8. The van der Waals surface area contributed by atoms with E-state index in [-0.39, 0.29) is 18.0 Å². The van der Waals surface area contributed by atoms with Crippen molar-refractivity contribution in [3.05, 3.63) is 0 Å². The predicted octanol–water partition coefficient (Wildman–Crippen LogP) is 2.36. The maximum atomic E-state index is 11.8. The smallest absolute Gasteiger partial charge is 0.309 e. The number of alkyl halides is 1. The first-order valence-corrected chi connectivity index (χ1v) is 7.68. The number of carbonyl (C=O) groups is 2. The molecule has 4 heteroatoms. The third-order valence-corrected chi connectivity index (χ3v) is 6.55. The van der Waals surface area contributed by atoms with Crippen molar-refractivity contribution >= 4 is 34.3 Å². The SMILES string of the molecule is C[C@H]1OC(=O)[C@@H]2C[C@@H]3CC(=O)CC[C@H]3[C@H](I)[C@H]12. The Labute approximate surface area is 115 Å². The molecule has 2 aliphatic carbocycles. The van der Waals surface area contributed by atoms with Crippen molar-refractivity contribution in [2.45, 2.75) is 42.6 Å². The molecular formula is C13H17IO3. The molecule has 94 valence electrons. The highest BCUT2D eigenvalue weighted by Crippen LogP contribution is 2.51. The van der Waals surface area contributed by atoms with Crippen LogP contribution in [0, 0.1) is 23.7 Å². The van der Waals surface area contributed by atoms with Gasteiger partial charge in [-0.25, -0.2) is 0 Å². The molecule has 0 unspecified atom stereocenters. The Hall–Kier alpha value is -0.130. The molecule has 3 fully saturated rings. The van der Waals surface area contributed by atoms with Crippen LogP contribution < -0.4 is 0 Å². The summed E-state index contributed by atoms with van der Waals surface area (Å²) in [4.78, 5) is 23.4. The molecule has 6 atom stereocenters. The lowest BCUT2D eigenvalue weighted by Gasteiger charge is -2.43. The number of halogens is 1. The first kappa shape index (κ1) is 11.9. The highest BCUT2D eigenvalue weighted by atomic mass is 127. The van der Waals surface area contributed by atoms with Crippen molar-refractivity contribution in [3.63, 3.8) is 0 Å². The van der Waals surface area contributed by atoms with Gasteiger partial charge in [-0.1, -0.05) is 22.6 Å². The number of fused-ring (bicyclic) bond motifs is 2. The highest BCUT2D eigenvalue weighted by molar-refractivity contribution is 14.1. The van der Waals surface area contributed by atoms with Crippen molar-refractivity contribution < 1.29 is 14.3 Å². The monoisotopic (exact) mass is 348 g/mol. The van der Waals surface area contributed by atoms with Crippen molar-refractivity contribution in [2.24, 2.45) is 23.7 Å². The number of ether oxygens (including phenoxy) is 1. The summed E-state index contributed by atoms with van der Waals surface area (Å²) in [6.45, 7) is 2.02. The van der Waals surface area contributed by atoms with Crippen molar-refractivity contribution in [2.75, 3.05) is 0 Å². The van der Waals surface area contributed by atoms with E-state index in [4.69, 9.17) is 4.74 Å². The number of esters is 1. The summed E-state index contributed by atoms with van der Waals surface area (Å²) in [5, 5.41) is 0. The van der Waals surface area contributed by atoms with Crippen LogP contribution in [0.1, 0.15) is 32.6 Å². The highest BCUT2D eigenvalue weighted by Gasteiger charge is 2.54. The largest absolute Gasteiger partial charge is 0.462 e. The van der Waals surface area contributed by atoms with E-state index in [2.05, 4.69) is 22.6 Å². The van der Waals surface area contributed by atoms with Crippen LogP contribution in [0.25, 0.3) is 0 Å². The zero-order valence-corrected chi connectivity index (χ0v) is 12.1. The van der Waals surface area contributed by atoms with Gasteiger partial charge in [0.05, 0.1) is 5.92 Å². The molecule has 3 aliphatic rings. The topological polar surface area (TPSA) is 43.4 Å². The normalized spacial score (nSPS) is 49.5. The fraction of sp³-hybridized carbons (Fsp3) is 0.846. The Morgan fingerprint density at radius 3 is 2.88 bits per heavy atom. The van der Waals surface area contributed by atoms with Gasteiger partial charge in [-0.3, -0.25) is 9.59 Å². The Morgan fingerprint density at radius 1 is 1.35 bits per heavy atom. The average molecular weight is 348 g/mol. The summed E-state index contributed by atoms with van der Waals surface area (Å²) in [7, 11) is 0. The second-order valence-electron chi connectivity index (χ2n) is 5.71. The minimum atomic E-state index is -0.0272. The molecule has 1 saturated heterocycles. The zero-order valence-electron chi connectivity index (χ0n) is 9.90. The Morgan fingerprint density at radius 2 is 2.12 bits per heavy atom. The van der Waals surface area contributed by atoms with Gasteiger partial charge in [-0.2, -0.15) is 0 Å². The van der Waals surface area contributed by atoms with Crippen LogP contribution >= 0.6 is 22.6 Å². The lowest BCUT2D eigenvalue weighted by Crippen LogP contribution is -2.45. The Kier molecular flexibility index (Phi) is 2.96. The molecule has 1 heterocycles. The molecule has 0 N–H and O–H groups in total. The number of hydrogen-bond donors (Lipinski definition) is 0. The van der Waals surface area contributed by atoms with E-state index in [9.17, 15) is 9.59 Å². The summed E-state index contributed by atoms with van der Waals surface area (Å²) in [6.07, 6.45) is 3.38. The maximum Gasteiger partial charge on any atom is 0.309 e. The lowest BCUT2D eigenvalue weighted by molar-refractivity contribution is -0.144. The van der Waals surface area contributed by atoms with E-state index in [1.807, 2.05) is 6.92 Å². The minimum Gasteiger partial charge on any atom is -0.462 e. The van der Waals surface area contributed by atoms with E-state index in [1.54, 1.807) is 0 Å². The third-order valence-electron chi connectivity index (χ3n) is 4.80. The van der Waals surface area contributed by atoms with Crippen molar-refractivity contribution in [1.82, 2.24) is 0 Å². The van der Waals surface area contributed by atoms with Gasteiger partial charge >= 0.3 is 5.97 Å². The molecule has 3 rings (SSSR count). The standard InChI is InChI=1S/C13H17IO3/c1-6-11-10(13(16)17-6)5-7-4-8(15)2-3-9(7)12(11)14/h6-7,9-12H,2-5H2,1H3/t6-,7+,9-,10-,11-,12+/m1/s1. The molecule has 0 bridgehead atoms. The number of carbonyl (C=O) groups excluding carboxylic acids is 2. The van der Waals surface area contributed by atoms with Gasteiger partial charge < -0.3 is 4.74 Å². The molecule has 0 amide bonds. The van der Waals surface area contributed by atoms with Crippen molar-refractivity contribution in [3.8, 4) is 0 Å². The number of hydrogen-bond acceptors (Lipinski definition) is 3. The molecule has 0 aromatic heterocycles. The lowest BCUT2D eigenvalue weighted by atomic mass is 9.63. The van der Waals surface area contributed by atoms with Crippen LogP contribution in [0.3, 0.4) is 0 Å². The summed E-state index contributed by atoms with van der Waals surface area (Å²) >= 11 is 2.50. The third kappa shape index (κ3) is 1.83. The van der Waals surface area contributed by atoms with E-state index in [0.717, 1.165) is 19.3 Å². The second-order valence-corrected chi connectivity index (χ2v) is 7.15. The van der Waals surface area contributed by atoms with Gasteiger partial charge in [-0.15, -0.1) is 0 Å². The summed E-state index contributed by atoms with van der Waals surface area (Å²) < 4.78 is 5.87. The van der Waals surface area contributed by atoms with Gasteiger partial charge in [0.2, 0.25) is 0 Å². The number of rotatable bonds is 0. The first-order chi connectivity index (χ1) is 8.08. The fourth-order valence-electron chi connectivity index (χ4n) is 3.97. The van der Waals surface area contributed by atoms with E-state index < -0.39 is 0 Å². The number of ketones is 1. The van der Waals surface area contributed by atoms with Gasteiger partial charge in [0.1, 0.15) is 11.9 Å². The number of cyclic esters (lactones) is 1. The summed E-state index contributed by atoms with van der Waals surface area (Å²) in [5.74, 6) is 1.83. The van der Waals surface area contributed by atoms with Crippen LogP contribution in [0.5, 0.6) is 0 Å². The van der Waals surface area contributed by atoms with Crippen LogP contribution in [0.4, 0.5) is 0 Å². The number of Topliss-reactive ketones (excluding diaryl/α,β-unsaturated/α-hetero) is 1. The Bertz CT molecular complexity index is 368. The molecule has 0 spiro atoms. The van der Waals surface area contributed by atoms with E-state index in [1.165, 1.54) is 0 Å². The molecule has 0 radical (unpaired) electrons. The summed E-state index contributed by atoms with van der Waals surface area (Å²) in [5.41, 5.74) is 0. The quantitative estimate of drug-likeness (QED) is 0.384. The minimum absolute atomic E-state index is 0.0272. The van der Waals surface area contributed by atoms with Gasteiger partial charge in [0.15, 0.2) is 0 Å². The zero-order chi connectivity index (χ0) is 12.2. The average Bonchev–Trinajstić information content (AvgIpc) is 2.54. The Balaban J connectivity index is 1.86. The van der Waals surface area contributed by atoms with E-state index >= 15 is 0 Å². The molecule has 17 heavy (non-hydrogen) atoms. The van der Waals surface area contributed by atoms with Crippen LogP contribution in [0.2, 0.25) is 0 Å². The molecular weight excluding hydrogens is 331 g/mol. The molecule has 3 nitrogen and oxygen atoms in total. The summed E-state index contributed by atoms with van der Waals surface area (Å²) in [6, 6.07) is 0. The predicted molar refractivity (Wildman–Crippen MR) is 70.8 cm³/mol. The van der Waals surface area contributed by atoms with Crippen molar-refractivity contribution in [1.29, 1.82) is 0 Å².